The van der Waals surface area contributed by atoms with Gasteiger partial charge >= 0.3 is 11.9 Å². The Kier molecular flexibility index (Phi) is 6.72. The number of carboxylic acid groups (broad SMARTS) is 2. The van der Waals surface area contributed by atoms with Crippen LogP contribution in [-0.2, 0) is 9.59 Å². The zero-order valence-corrected chi connectivity index (χ0v) is 9.58. The number of furan rings is 1. The van der Waals surface area contributed by atoms with Crippen molar-refractivity contribution >= 4 is 24.0 Å². The van der Waals surface area contributed by atoms with Crippen molar-refractivity contribution in [2.75, 3.05) is 0 Å². The minimum Gasteiger partial charge on any atom is -0.481 e. The summed E-state index contributed by atoms with van der Waals surface area (Å²) >= 11 is 0. The molecule has 0 amide bonds. The predicted molar refractivity (Wildman–Crippen MR) is 58.6 cm³/mol. The van der Waals surface area contributed by atoms with Crippen LogP contribution in [-0.4, -0.2) is 34.2 Å². The van der Waals surface area contributed by atoms with Crippen LogP contribution < -0.4 is 0 Å². The first-order valence-corrected chi connectivity index (χ1v) is 4.85. The number of aromatic carboxylic acids is 1. The SMILES string of the molecule is CC(=O)CCC(=O)O.O=Cc1occc1C(=O)O. The molecule has 0 saturated carbocycles. The summed E-state index contributed by atoms with van der Waals surface area (Å²) in [7, 11) is 0. The van der Waals surface area contributed by atoms with E-state index in [4.69, 9.17) is 10.2 Å². The Morgan fingerprint density at radius 3 is 2.17 bits per heavy atom. The van der Waals surface area contributed by atoms with E-state index in [0.29, 0.717) is 6.29 Å². The minimum absolute atomic E-state index is 0.0463. The fourth-order valence-electron chi connectivity index (χ4n) is 0.872. The van der Waals surface area contributed by atoms with Gasteiger partial charge in [0.15, 0.2) is 12.0 Å². The smallest absolute Gasteiger partial charge is 0.339 e. The maximum Gasteiger partial charge on any atom is 0.339 e. The van der Waals surface area contributed by atoms with Crippen molar-refractivity contribution in [2.45, 2.75) is 19.8 Å². The fourth-order valence-corrected chi connectivity index (χ4v) is 0.872. The molecule has 1 aromatic heterocycles. The lowest BCUT2D eigenvalue weighted by molar-refractivity contribution is -0.138. The van der Waals surface area contributed by atoms with Crippen LogP contribution in [0.15, 0.2) is 16.7 Å². The highest BCUT2D eigenvalue weighted by Gasteiger charge is 2.11. The van der Waals surface area contributed by atoms with E-state index in [9.17, 15) is 19.2 Å². The van der Waals surface area contributed by atoms with Gasteiger partial charge in [0, 0.05) is 6.42 Å². The molecule has 1 heterocycles. The lowest BCUT2D eigenvalue weighted by Crippen LogP contribution is -1.98. The van der Waals surface area contributed by atoms with Gasteiger partial charge in [0.1, 0.15) is 11.3 Å². The van der Waals surface area contributed by atoms with Crippen LogP contribution in [0, 0.1) is 0 Å². The maximum atomic E-state index is 10.2. The number of hydrogen-bond acceptors (Lipinski definition) is 5. The van der Waals surface area contributed by atoms with Crippen LogP contribution in [0.4, 0.5) is 0 Å². The molecule has 1 aromatic rings. The first-order valence-electron chi connectivity index (χ1n) is 4.85. The molecule has 0 aromatic carbocycles. The van der Waals surface area contributed by atoms with Gasteiger partial charge in [-0.2, -0.15) is 0 Å². The number of Topliss-reactive ketones (excluding diaryl/α,β-unsaturated/α-hetero) is 1. The zero-order chi connectivity index (χ0) is 14.1. The second-order valence-corrected chi connectivity index (χ2v) is 3.22. The highest BCUT2D eigenvalue weighted by Crippen LogP contribution is 2.06. The van der Waals surface area contributed by atoms with Gasteiger partial charge in [-0.05, 0) is 13.0 Å². The minimum atomic E-state index is -1.16. The van der Waals surface area contributed by atoms with Crippen molar-refractivity contribution in [3.63, 3.8) is 0 Å². The largest absolute Gasteiger partial charge is 0.481 e. The maximum absolute atomic E-state index is 10.2. The summed E-state index contributed by atoms with van der Waals surface area (Å²) in [6, 6.07) is 1.23. The van der Waals surface area contributed by atoms with Crippen LogP contribution in [0.2, 0.25) is 0 Å². The van der Waals surface area contributed by atoms with Crippen LogP contribution in [0.1, 0.15) is 40.7 Å². The molecule has 0 aliphatic rings. The van der Waals surface area contributed by atoms with Crippen molar-refractivity contribution in [1.82, 2.24) is 0 Å². The summed E-state index contributed by atoms with van der Waals surface area (Å²) in [5, 5.41) is 16.4. The molecule has 7 nitrogen and oxygen atoms in total. The van der Waals surface area contributed by atoms with Gasteiger partial charge in [-0.25, -0.2) is 4.79 Å². The second kappa shape index (κ2) is 7.77. The molecule has 0 saturated heterocycles. The first kappa shape index (κ1) is 15.6. The highest BCUT2D eigenvalue weighted by molar-refractivity contribution is 5.95. The van der Waals surface area contributed by atoms with Crippen LogP contribution >= 0.6 is 0 Å². The zero-order valence-electron chi connectivity index (χ0n) is 9.58. The first-order chi connectivity index (χ1) is 8.38. The summed E-state index contributed by atoms with van der Waals surface area (Å²) < 4.78 is 4.53. The summed E-state index contributed by atoms with van der Waals surface area (Å²) in [5.41, 5.74) is -0.102. The Morgan fingerprint density at radius 2 is 1.89 bits per heavy atom. The Bertz CT molecular complexity index is 430. The van der Waals surface area contributed by atoms with E-state index in [1.54, 1.807) is 0 Å². The normalized spacial score (nSPS) is 8.94. The third kappa shape index (κ3) is 6.21. The molecule has 0 radical (unpaired) electrons. The third-order valence-corrected chi connectivity index (χ3v) is 1.72. The molecule has 0 aliphatic heterocycles. The van der Waals surface area contributed by atoms with Gasteiger partial charge < -0.3 is 19.4 Å². The quantitative estimate of drug-likeness (QED) is 0.759. The van der Waals surface area contributed by atoms with Crippen LogP contribution in [0.3, 0.4) is 0 Å². The fraction of sp³-hybridized carbons (Fsp3) is 0.273. The predicted octanol–water partition coefficient (Wildman–Crippen LogP) is 1.23. The van der Waals surface area contributed by atoms with E-state index >= 15 is 0 Å². The molecule has 0 spiro atoms. The average molecular weight is 256 g/mol. The molecule has 18 heavy (non-hydrogen) atoms. The molecule has 1 rings (SSSR count). The lowest BCUT2D eigenvalue weighted by Gasteiger charge is -1.86. The highest BCUT2D eigenvalue weighted by atomic mass is 16.4. The molecular formula is C11H12O7. The molecular weight excluding hydrogens is 244 g/mol. The molecule has 0 bridgehead atoms. The molecule has 98 valence electrons. The van der Waals surface area contributed by atoms with Crippen LogP contribution in [0.25, 0.3) is 0 Å². The molecule has 0 fully saturated rings. The van der Waals surface area contributed by atoms with E-state index in [1.807, 2.05) is 0 Å². The summed E-state index contributed by atoms with van der Waals surface area (Å²) in [6.45, 7) is 1.38. The van der Waals surface area contributed by atoms with Crippen LogP contribution in [0.5, 0.6) is 0 Å². The van der Waals surface area contributed by atoms with Gasteiger partial charge in [-0.1, -0.05) is 0 Å². The molecule has 0 aliphatic carbocycles. The lowest BCUT2D eigenvalue weighted by atomic mass is 10.2. The molecule has 0 atom stereocenters. The third-order valence-electron chi connectivity index (χ3n) is 1.72. The molecule has 0 unspecified atom stereocenters. The number of carbonyl (C=O) groups excluding carboxylic acids is 2. The number of aldehydes is 1. The number of hydrogen-bond donors (Lipinski definition) is 2. The second-order valence-electron chi connectivity index (χ2n) is 3.22. The number of carbonyl (C=O) groups is 4. The number of carboxylic acids is 2. The van der Waals surface area contributed by atoms with E-state index in [0.717, 1.165) is 6.26 Å². The van der Waals surface area contributed by atoms with Crippen molar-refractivity contribution in [3.05, 3.63) is 23.7 Å². The van der Waals surface area contributed by atoms with Crippen molar-refractivity contribution in [2.24, 2.45) is 0 Å². The molecule has 2 N–H and O–H groups in total. The summed E-state index contributed by atoms with van der Waals surface area (Å²) in [5.74, 6) is -2.30. The Hall–Kier alpha value is -2.44. The van der Waals surface area contributed by atoms with Crippen molar-refractivity contribution < 1.29 is 33.8 Å². The monoisotopic (exact) mass is 256 g/mol. The Balaban J connectivity index is 0.000000331. The number of rotatable bonds is 5. The summed E-state index contributed by atoms with van der Waals surface area (Å²) in [6.07, 6.45) is 1.63. The van der Waals surface area contributed by atoms with Gasteiger partial charge in [-0.15, -0.1) is 0 Å². The van der Waals surface area contributed by atoms with E-state index in [1.165, 1.54) is 13.0 Å². The van der Waals surface area contributed by atoms with Gasteiger partial charge in [0.2, 0.25) is 0 Å². The summed E-state index contributed by atoms with van der Waals surface area (Å²) in [4.78, 5) is 40.1. The van der Waals surface area contributed by atoms with Crippen molar-refractivity contribution in [3.8, 4) is 0 Å². The standard InChI is InChI=1S/C6H4O4.C5H8O3/c7-3-5-4(6(8)9)1-2-10-5;1-4(6)2-3-5(7)8/h1-3H,(H,8,9);2-3H2,1H3,(H,7,8). The Labute approximate surface area is 102 Å². The topological polar surface area (TPSA) is 122 Å². The number of aliphatic carboxylic acids is 1. The number of ketones is 1. The van der Waals surface area contributed by atoms with Gasteiger partial charge in [0.25, 0.3) is 0 Å². The Morgan fingerprint density at radius 1 is 1.28 bits per heavy atom. The van der Waals surface area contributed by atoms with Gasteiger partial charge in [0.05, 0.1) is 12.7 Å². The van der Waals surface area contributed by atoms with Crippen molar-refractivity contribution in [1.29, 1.82) is 0 Å². The van der Waals surface area contributed by atoms with E-state index < -0.39 is 11.9 Å². The molecule has 7 heteroatoms. The van der Waals surface area contributed by atoms with E-state index in [-0.39, 0.29) is 29.9 Å². The van der Waals surface area contributed by atoms with Gasteiger partial charge in [-0.3, -0.25) is 9.59 Å². The average Bonchev–Trinajstić information content (AvgIpc) is 2.75. The van der Waals surface area contributed by atoms with E-state index in [2.05, 4.69) is 4.42 Å².